The van der Waals surface area contributed by atoms with Gasteiger partial charge in [-0.2, -0.15) is 0 Å². The number of halogens is 1. The van der Waals surface area contributed by atoms with E-state index in [2.05, 4.69) is 15.9 Å². The van der Waals surface area contributed by atoms with E-state index in [4.69, 9.17) is 7.48 Å². The van der Waals surface area contributed by atoms with Crippen LogP contribution in [0.25, 0.3) is 0 Å². The maximum absolute atomic E-state index is 9.43. The highest BCUT2D eigenvalue weighted by Gasteiger charge is 2.01. The van der Waals surface area contributed by atoms with Gasteiger partial charge in [-0.3, -0.25) is 0 Å². The van der Waals surface area contributed by atoms with Crippen molar-refractivity contribution in [2.24, 2.45) is 0 Å². The standard InChI is InChI=1S/C14H13BrO2/c15-14-7-6-13(8-12(14)9-16)17-10-11-4-2-1-3-5-11/h1-8,16H,9-10H2/i9D2. The van der Waals surface area contributed by atoms with Gasteiger partial charge in [-0.05, 0) is 29.3 Å². The first-order valence-electron chi connectivity index (χ1n) is 6.16. The quantitative estimate of drug-likeness (QED) is 0.935. The first-order chi connectivity index (χ1) is 8.97. The third-order valence-electron chi connectivity index (χ3n) is 2.31. The van der Waals surface area contributed by atoms with Crippen molar-refractivity contribution in [3.8, 4) is 5.75 Å². The van der Waals surface area contributed by atoms with Gasteiger partial charge >= 0.3 is 0 Å². The van der Waals surface area contributed by atoms with Crippen molar-refractivity contribution in [3.63, 3.8) is 0 Å². The van der Waals surface area contributed by atoms with Gasteiger partial charge in [-0.15, -0.1) is 0 Å². The fourth-order valence-corrected chi connectivity index (χ4v) is 1.76. The van der Waals surface area contributed by atoms with Crippen molar-refractivity contribution in [1.82, 2.24) is 0 Å². The molecule has 17 heavy (non-hydrogen) atoms. The Morgan fingerprint density at radius 2 is 1.94 bits per heavy atom. The minimum absolute atomic E-state index is 0.151. The van der Waals surface area contributed by atoms with Crippen LogP contribution in [0.4, 0.5) is 0 Å². The second-order valence-corrected chi connectivity index (χ2v) is 4.38. The summed E-state index contributed by atoms with van der Waals surface area (Å²) in [6.07, 6.45) is 0. The minimum atomic E-state index is -2.40. The van der Waals surface area contributed by atoms with Gasteiger partial charge in [0.25, 0.3) is 0 Å². The molecule has 0 unspecified atom stereocenters. The molecule has 0 aliphatic carbocycles. The maximum Gasteiger partial charge on any atom is 0.120 e. The van der Waals surface area contributed by atoms with E-state index in [0.29, 0.717) is 16.8 Å². The normalized spacial score (nSPS) is 12.8. The van der Waals surface area contributed by atoms with Crippen LogP contribution in [0.1, 0.15) is 13.9 Å². The van der Waals surface area contributed by atoms with Gasteiger partial charge in [0.1, 0.15) is 12.4 Å². The smallest absolute Gasteiger partial charge is 0.120 e. The summed E-state index contributed by atoms with van der Waals surface area (Å²) in [6, 6.07) is 14.6. The molecule has 2 aromatic carbocycles. The zero-order valence-corrected chi connectivity index (χ0v) is 10.6. The molecular formula is C14H13BrO2. The zero-order chi connectivity index (χ0) is 13.9. The Balaban J connectivity index is 2.14. The molecular weight excluding hydrogens is 280 g/mol. The van der Waals surface area contributed by atoms with Crippen molar-refractivity contribution < 1.29 is 12.6 Å². The molecule has 0 fully saturated rings. The molecule has 0 amide bonds. The zero-order valence-electron chi connectivity index (χ0n) is 11.1. The summed E-state index contributed by atoms with van der Waals surface area (Å²) in [5.41, 5.74) is 1.18. The maximum atomic E-state index is 9.43. The van der Waals surface area contributed by atoms with E-state index in [-0.39, 0.29) is 5.56 Å². The average Bonchev–Trinajstić information content (AvgIpc) is 2.37. The van der Waals surface area contributed by atoms with Crippen LogP contribution in [0.5, 0.6) is 5.75 Å². The van der Waals surface area contributed by atoms with Crippen LogP contribution in [-0.2, 0) is 13.2 Å². The molecule has 0 aromatic heterocycles. The predicted octanol–water partition coefficient (Wildman–Crippen LogP) is 3.52. The second-order valence-electron chi connectivity index (χ2n) is 3.53. The molecule has 2 nitrogen and oxygen atoms in total. The van der Waals surface area contributed by atoms with Gasteiger partial charge in [-0.1, -0.05) is 46.3 Å². The topological polar surface area (TPSA) is 29.5 Å². The third kappa shape index (κ3) is 3.32. The molecule has 2 aromatic rings. The molecule has 0 aliphatic rings. The average molecular weight is 295 g/mol. The van der Waals surface area contributed by atoms with Gasteiger partial charge in [0.05, 0.1) is 9.30 Å². The van der Waals surface area contributed by atoms with Gasteiger partial charge in [0.15, 0.2) is 0 Å². The summed E-state index contributed by atoms with van der Waals surface area (Å²) in [6.45, 7) is -2.00. The van der Waals surface area contributed by atoms with Crippen LogP contribution in [-0.4, -0.2) is 5.11 Å². The summed E-state index contributed by atoms with van der Waals surface area (Å²) >= 11 is 3.21. The van der Waals surface area contributed by atoms with E-state index in [0.717, 1.165) is 5.56 Å². The van der Waals surface area contributed by atoms with E-state index in [1.165, 1.54) is 6.07 Å². The lowest BCUT2D eigenvalue weighted by molar-refractivity contribution is 0.277. The Bertz CT molecular complexity index is 553. The van der Waals surface area contributed by atoms with Crippen LogP contribution in [0.15, 0.2) is 53.0 Å². The first-order valence-corrected chi connectivity index (χ1v) is 5.95. The first kappa shape index (κ1) is 9.68. The number of hydrogen-bond acceptors (Lipinski definition) is 2. The van der Waals surface area contributed by atoms with E-state index >= 15 is 0 Å². The van der Waals surface area contributed by atoms with Gasteiger partial charge in [0, 0.05) is 4.47 Å². The molecule has 88 valence electrons. The molecule has 0 aliphatic heterocycles. The lowest BCUT2D eigenvalue weighted by Gasteiger charge is -2.08. The van der Waals surface area contributed by atoms with Crippen molar-refractivity contribution in [3.05, 3.63) is 64.1 Å². The Morgan fingerprint density at radius 3 is 2.65 bits per heavy atom. The molecule has 2 rings (SSSR count). The molecule has 0 heterocycles. The fourth-order valence-electron chi connectivity index (χ4n) is 1.42. The van der Waals surface area contributed by atoms with E-state index in [1.54, 1.807) is 12.1 Å². The molecule has 1 N–H and O–H groups in total. The van der Waals surface area contributed by atoms with Gasteiger partial charge < -0.3 is 9.84 Å². The van der Waals surface area contributed by atoms with E-state index in [1.807, 2.05) is 30.3 Å². The predicted molar refractivity (Wildman–Crippen MR) is 70.8 cm³/mol. The van der Waals surface area contributed by atoms with Crippen LogP contribution in [0.2, 0.25) is 0 Å². The summed E-state index contributed by atoms with van der Waals surface area (Å²) in [5, 5.41) is 9.43. The van der Waals surface area contributed by atoms with Crippen LogP contribution >= 0.6 is 15.9 Å². The lowest BCUT2D eigenvalue weighted by Crippen LogP contribution is -1.96. The molecule has 0 saturated heterocycles. The Morgan fingerprint density at radius 1 is 1.18 bits per heavy atom. The minimum Gasteiger partial charge on any atom is -0.489 e. The van der Waals surface area contributed by atoms with E-state index < -0.39 is 6.56 Å². The summed E-state index contributed by atoms with van der Waals surface area (Å²) in [5.74, 6) is 0.514. The van der Waals surface area contributed by atoms with Crippen LogP contribution in [0.3, 0.4) is 0 Å². The van der Waals surface area contributed by atoms with Crippen molar-refractivity contribution >= 4 is 15.9 Å². The van der Waals surface area contributed by atoms with Crippen molar-refractivity contribution in [2.45, 2.75) is 13.2 Å². The molecule has 0 bridgehead atoms. The lowest BCUT2D eigenvalue weighted by atomic mass is 10.2. The largest absolute Gasteiger partial charge is 0.489 e. The molecule has 0 spiro atoms. The number of aliphatic hydroxyl groups is 1. The van der Waals surface area contributed by atoms with Crippen LogP contribution < -0.4 is 4.74 Å². The highest BCUT2D eigenvalue weighted by atomic mass is 79.9. The fraction of sp³-hybridized carbons (Fsp3) is 0.143. The van der Waals surface area contributed by atoms with Crippen molar-refractivity contribution in [1.29, 1.82) is 0 Å². The monoisotopic (exact) mass is 294 g/mol. The van der Waals surface area contributed by atoms with E-state index in [9.17, 15) is 5.11 Å². The number of ether oxygens (including phenoxy) is 1. The Hall–Kier alpha value is -1.32. The molecule has 0 saturated carbocycles. The Labute approximate surface area is 112 Å². The van der Waals surface area contributed by atoms with Crippen LogP contribution in [0, 0.1) is 0 Å². The van der Waals surface area contributed by atoms with Crippen molar-refractivity contribution in [2.75, 3.05) is 0 Å². The second kappa shape index (κ2) is 5.84. The summed E-state index contributed by atoms with van der Waals surface area (Å²) in [4.78, 5) is 0. The molecule has 3 heteroatoms. The number of rotatable bonds is 4. The van der Waals surface area contributed by atoms with Gasteiger partial charge in [0.2, 0.25) is 0 Å². The number of hydrogen-bond donors (Lipinski definition) is 1. The highest BCUT2D eigenvalue weighted by Crippen LogP contribution is 2.23. The molecule has 0 atom stereocenters. The van der Waals surface area contributed by atoms with Gasteiger partial charge in [-0.25, -0.2) is 0 Å². The molecule has 0 radical (unpaired) electrons. The summed E-state index contributed by atoms with van der Waals surface area (Å²) in [7, 11) is 0. The Kier molecular flexibility index (Phi) is 3.33. The SMILES string of the molecule is [2H]C([2H])(O)c1cc(OCc2ccccc2)ccc1Br. The highest BCUT2D eigenvalue weighted by molar-refractivity contribution is 9.10. The summed E-state index contributed by atoms with van der Waals surface area (Å²) < 4.78 is 20.8. The number of benzene rings is 2. The third-order valence-corrected chi connectivity index (χ3v) is 3.00.